The van der Waals surface area contributed by atoms with Crippen molar-refractivity contribution in [3.8, 4) is 0 Å². The van der Waals surface area contributed by atoms with Gasteiger partial charge in [-0.15, -0.1) is 0 Å². The second-order valence-electron chi connectivity index (χ2n) is 4.38. The van der Waals surface area contributed by atoms with Gasteiger partial charge in [0.15, 0.2) is 0 Å². The van der Waals surface area contributed by atoms with Crippen LogP contribution in [0.3, 0.4) is 0 Å². The number of rotatable bonds is 6. The molecule has 2 rings (SSSR count). The second-order valence-corrected chi connectivity index (χ2v) is 4.38. The van der Waals surface area contributed by atoms with E-state index in [1.165, 1.54) is 5.69 Å². The SMILES string of the molecule is CCCn1nccc1CNc1cn(CC)nc1C. The summed E-state index contributed by atoms with van der Waals surface area (Å²) in [7, 11) is 0. The van der Waals surface area contributed by atoms with E-state index in [-0.39, 0.29) is 0 Å². The first-order chi connectivity index (χ1) is 8.74. The van der Waals surface area contributed by atoms with E-state index in [1.54, 1.807) is 0 Å². The third-order valence-corrected chi connectivity index (χ3v) is 2.97. The first kappa shape index (κ1) is 12.7. The minimum atomic E-state index is 0.788. The Bertz CT molecular complexity index is 497. The maximum Gasteiger partial charge on any atom is 0.0825 e. The lowest BCUT2D eigenvalue weighted by Gasteiger charge is -2.07. The summed E-state index contributed by atoms with van der Waals surface area (Å²) in [5.41, 5.74) is 3.35. The summed E-state index contributed by atoms with van der Waals surface area (Å²) in [5, 5.41) is 12.2. The van der Waals surface area contributed by atoms with Crippen molar-refractivity contribution in [2.75, 3.05) is 5.32 Å². The Morgan fingerprint density at radius 3 is 2.83 bits per heavy atom. The van der Waals surface area contributed by atoms with E-state index in [0.717, 1.165) is 37.4 Å². The molecule has 0 atom stereocenters. The van der Waals surface area contributed by atoms with E-state index in [1.807, 2.05) is 22.5 Å². The van der Waals surface area contributed by atoms with Gasteiger partial charge in [0, 0.05) is 25.5 Å². The number of hydrogen-bond acceptors (Lipinski definition) is 3. The lowest BCUT2D eigenvalue weighted by atomic mass is 10.3. The number of aryl methyl sites for hydroxylation is 3. The highest BCUT2D eigenvalue weighted by molar-refractivity contribution is 5.45. The molecule has 5 heteroatoms. The Morgan fingerprint density at radius 2 is 2.17 bits per heavy atom. The molecule has 0 saturated carbocycles. The number of aromatic nitrogens is 4. The minimum Gasteiger partial charge on any atom is -0.377 e. The van der Waals surface area contributed by atoms with Crippen molar-refractivity contribution in [3.05, 3.63) is 29.8 Å². The minimum absolute atomic E-state index is 0.788. The monoisotopic (exact) mass is 247 g/mol. The normalized spacial score (nSPS) is 10.8. The van der Waals surface area contributed by atoms with E-state index in [0.29, 0.717) is 0 Å². The lowest BCUT2D eigenvalue weighted by Crippen LogP contribution is -2.09. The molecule has 98 valence electrons. The van der Waals surface area contributed by atoms with Gasteiger partial charge in [-0.05, 0) is 26.3 Å². The third kappa shape index (κ3) is 2.72. The summed E-state index contributed by atoms with van der Waals surface area (Å²) < 4.78 is 3.99. The van der Waals surface area contributed by atoms with Gasteiger partial charge < -0.3 is 5.32 Å². The van der Waals surface area contributed by atoms with Gasteiger partial charge in [-0.25, -0.2) is 0 Å². The molecule has 0 bridgehead atoms. The lowest BCUT2D eigenvalue weighted by molar-refractivity contribution is 0.578. The van der Waals surface area contributed by atoms with Crippen molar-refractivity contribution in [1.29, 1.82) is 0 Å². The molecule has 5 nitrogen and oxygen atoms in total. The molecule has 0 amide bonds. The zero-order chi connectivity index (χ0) is 13.0. The predicted octanol–water partition coefficient (Wildman–Crippen LogP) is 2.43. The zero-order valence-corrected chi connectivity index (χ0v) is 11.3. The summed E-state index contributed by atoms with van der Waals surface area (Å²) in [4.78, 5) is 0. The van der Waals surface area contributed by atoms with Crippen LogP contribution in [0.2, 0.25) is 0 Å². The Kier molecular flexibility index (Phi) is 4.02. The molecular formula is C13H21N5. The van der Waals surface area contributed by atoms with Crippen LogP contribution in [-0.2, 0) is 19.6 Å². The van der Waals surface area contributed by atoms with Gasteiger partial charge >= 0.3 is 0 Å². The fraction of sp³-hybridized carbons (Fsp3) is 0.538. The number of nitrogens with one attached hydrogen (secondary N) is 1. The van der Waals surface area contributed by atoms with Gasteiger partial charge in [0.2, 0.25) is 0 Å². The molecule has 0 aliphatic rings. The summed E-state index contributed by atoms with van der Waals surface area (Å²) >= 11 is 0. The summed E-state index contributed by atoms with van der Waals surface area (Å²) in [5.74, 6) is 0. The smallest absolute Gasteiger partial charge is 0.0825 e. The van der Waals surface area contributed by atoms with Crippen LogP contribution in [0, 0.1) is 6.92 Å². The van der Waals surface area contributed by atoms with Crippen molar-refractivity contribution in [2.24, 2.45) is 0 Å². The van der Waals surface area contributed by atoms with Gasteiger partial charge in [-0.3, -0.25) is 9.36 Å². The van der Waals surface area contributed by atoms with Crippen molar-refractivity contribution in [3.63, 3.8) is 0 Å². The van der Waals surface area contributed by atoms with E-state index in [2.05, 4.69) is 41.6 Å². The Balaban J connectivity index is 2.02. The zero-order valence-electron chi connectivity index (χ0n) is 11.3. The predicted molar refractivity (Wildman–Crippen MR) is 72.5 cm³/mol. The molecular weight excluding hydrogens is 226 g/mol. The Labute approximate surface area is 108 Å². The van der Waals surface area contributed by atoms with Crippen LogP contribution in [-0.4, -0.2) is 19.6 Å². The molecule has 0 saturated heterocycles. The maximum atomic E-state index is 4.42. The molecule has 0 fully saturated rings. The van der Waals surface area contributed by atoms with E-state index >= 15 is 0 Å². The highest BCUT2D eigenvalue weighted by Gasteiger charge is 2.05. The van der Waals surface area contributed by atoms with Crippen molar-refractivity contribution in [2.45, 2.75) is 46.8 Å². The van der Waals surface area contributed by atoms with Gasteiger partial charge in [-0.2, -0.15) is 10.2 Å². The van der Waals surface area contributed by atoms with E-state index < -0.39 is 0 Å². The van der Waals surface area contributed by atoms with Crippen molar-refractivity contribution in [1.82, 2.24) is 19.6 Å². The highest BCUT2D eigenvalue weighted by atomic mass is 15.3. The molecule has 0 spiro atoms. The van der Waals surface area contributed by atoms with Gasteiger partial charge in [0.05, 0.1) is 23.6 Å². The van der Waals surface area contributed by atoms with E-state index in [9.17, 15) is 0 Å². The Hall–Kier alpha value is -1.78. The number of nitrogens with zero attached hydrogens (tertiary/aromatic N) is 4. The highest BCUT2D eigenvalue weighted by Crippen LogP contribution is 2.13. The average Bonchev–Trinajstić information content (AvgIpc) is 2.94. The average molecular weight is 247 g/mol. The van der Waals surface area contributed by atoms with Crippen LogP contribution >= 0.6 is 0 Å². The van der Waals surface area contributed by atoms with Crippen LogP contribution < -0.4 is 5.32 Å². The topological polar surface area (TPSA) is 47.7 Å². The molecule has 0 unspecified atom stereocenters. The van der Waals surface area contributed by atoms with Crippen molar-refractivity contribution >= 4 is 5.69 Å². The van der Waals surface area contributed by atoms with Crippen LogP contribution in [0.25, 0.3) is 0 Å². The van der Waals surface area contributed by atoms with Gasteiger partial charge in [-0.1, -0.05) is 6.92 Å². The largest absolute Gasteiger partial charge is 0.377 e. The molecule has 0 aliphatic carbocycles. The first-order valence-corrected chi connectivity index (χ1v) is 6.53. The molecule has 0 aliphatic heterocycles. The molecule has 0 aromatic carbocycles. The van der Waals surface area contributed by atoms with Crippen LogP contribution in [0.15, 0.2) is 18.5 Å². The number of hydrogen-bond donors (Lipinski definition) is 1. The molecule has 2 heterocycles. The molecule has 18 heavy (non-hydrogen) atoms. The Morgan fingerprint density at radius 1 is 1.33 bits per heavy atom. The van der Waals surface area contributed by atoms with Gasteiger partial charge in [0.1, 0.15) is 0 Å². The second kappa shape index (κ2) is 5.71. The van der Waals surface area contributed by atoms with Crippen LogP contribution in [0.4, 0.5) is 5.69 Å². The van der Waals surface area contributed by atoms with Crippen molar-refractivity contribution < 1.29 is 0 Å². The quantitative estimate of drug-likeness (QED) is 0.853. The first-order valence-electron chi connectivity index (χ1n) is 6.53. The van der Waals surface area contributed by atoms with Crippen LogP contribution in [0.1, 0.15) is 31.7 Å². The van der Waals surface area contributed by atoms with Crippen LogP contribution in [0.5, 0.6) is 0 Å². The molecule has 1 N–H and O–H groups in total. The third-order valence-electron chi connectivity index (χ3n) is 2.97. The molecule has 2 aromatic heterocycles. The molecule has 0 radical (unpaired) electrons. The standard InChI is InChI=1S/C13H21N5/c1-4-8-18-12(6-7-15-18)9-14-13-10-17(5-2)16-11(13)3/h6-7,10,14H,4-5,8-9H2,1-3H3. The summed E-state index contributed by atoms with van der Waals surface area (Å²) in [6, 6.07) is 2.06. The maximum absolute atomic E-state index is 4.42. The number of anilines is 1. The molecule has 2 aromatic rings. The van der Waals surface area contributed by atoms with Gasteiger partial charge in [0.25, 0.3) is 0 Å². The fourth-order valence-electron chi connectivity index (χ4n) is 1.96. The summed E-state index contributed by atoms with van der Waals surface area (Å²) in [6.45, 7) is 8.93. The van der Waals surface area contributed by atoms with E-state index in [4.69, 9.17) is 0 Å². The summed E-state index contributed by atoms with van der Waals surface area (Å²) in [6.07, 6.45) is 5.01. The fourth-order valence-corrected chi connectivity index (χ4v) is 1.96.